The average Bonchev–Trinajstić information content (AvgIpc) is 2.39. The molecule has 1 fully saturated rings. The van der Waals surface area contributed by atoms with Gasteiger partial charge in [0, 0.05) is 0 Å². The summed E-state index contributed by atoms with van der Waals surface area (Å²) in [4.78, 5) is 16.2. The van der Waals surface area contributed by atoms with E-state index in [1.807, 2.05) is 0 Å². The van der Waals surface area contributed by atoms with Crippen molar-refractivity contribution in [1.29, 1.82) is 0 Å². The van der Waals surface area contributed by atoms with Crippen molar-refractivity contribution in [2.45, 2.75) is 36.9 Å². The van der Waals surface area contributed by atoms with Crippen LogP contribution in [0.5, 0.6) is 0 Å². The van der Waals surface area contributed by atoms with Gasteiger partial charge in [0.2, 0.25) is 0 Å². The number of rotatable bonds is 4. The number of ether oxygens (including phenoxy) is 1. The first-order valence-corrected chi connectivity index (χ1v) is 7.24. The molecule has 1 rings (SSSR count). The lowest BCUT2D eigenvalue weighted by atomic mass is 9.98. The third kappa shape index (κ3) is 7.40. The van der Waals surface area contributed by atoms with E-state index in [-0.39, 0.29) is 0 Å². The maximum atomic E-state index is 9.94. The highest BCUT2D eigenvalue weighted by Crippen LogP contribution is 2.36. The Hall–Kier alpha value is -0.430. The Labute approximate surface area is 120 Å². The molecule has 6 atom stereocenters. The largest absolute Gasteiger partial charge is 0.471 e. The van der Waals surface area contributed by atoms with E-state index >= 15 is 0 Å². The van der Waals surface area contributed by atoms with Crippen molar-refractivity contribution in [1.82, 2.24) is 0 Å². The lowest BCUT2D eigenvalue weighted by molar-refractivity contribution is -0.248. The molecule has 1 aliphatic heterocycles. The predicted octanol–water partition coefficient (Wildman–Crippen LogP) is -3.69. The zero-order valence-electron chi connectivity index (χ0n) is 11.0. The molecule has 21 heavy (non-hydrogen) atoms. The number of hydrogen-bond acceptors (Lipinski definition) is 9. The Morgan fingerprint density at radius 3 is 2.19 bits per heavy atom. The topological polar surface area (TPSA) is 209 Å². The van der Waals surface area contributed by atoms with Crippen molar-refractivity contribution in [3.8, 4) is 0 Å². The smallest absolute Gasteiger partial charge is 0.394 e. The Bertz CT molecular complexity index is 360. The molecule has 12 heteroatoms. The van der Waals surface area contributed by atoms with Gasteiger partial charge in [-0.2, -0.15) is 0 Å². The monoisotopic (exact) mass is 332 g/mol. The van der Waals surface area contributed by atoms with Gasteiger partial charge in [-0.3, -0.25) is 4.52 Å². The van der Waals surface area contributed by atoms with Crippen LogP contribution in [0.4, 0.5) is 0 Å². The molecule has 1 heterocycles. The van der Waals surface area contributed by atoms with Crippen LogP contribution in [-0.2, 0) is 13.8 Å². The van der Waals surface area contributed by atoms with E-state index in [0.29, 0.717) is 0 Å². The van der Waals surface area contributed by atoms with Crippen LogP contribution >= 0.6 is 7.82 Å². The maximum Gasteiger partial charge on any atom is 0.471 e. The van der Waals surface area contributed by atoms with Crippen LogP contribution in [0.25, 0.3) is 0 Å². The van der Waals surface area contributed by atoms with Gasteiger partial charge >= 0.3 is 7.82 Å². The highest BCUT2D eigenvalue weighted by molar-refractivity contribution is 7.46. The summed E-state index contributed by atoms with van der Waals surface area (Å²) < 4.78 is 18.6. The minimum Gasteiger partial charge on any atom is -0.394 e. The van der Waals surface area contributed by atoms with Gasteiger partial charge in [0.25, 0.3) is 0 Å². The van der Waals surface area contributed by atoms with Crippen molar-refractivity contribution in [2.75, 3.05) is 6.61 Å². The van der Waals surface area contributed by atoms with E-state index in [1.54, 1.807) is 0 Å². The molecule has 0 aromatic carbocycles. The molecule has 0 bridgehead atoms. The molecule has 0 amide bonds. The van der Waals surface area contributed by atoms with Crippen LogP contribution in [0.3, 0.4) is 0 Å². The SMILES string of the molecule is C=CC(N)OP(=O)(O)O.N[C@@H]1[C@@H](O)[C@H](O)[C@@H](CO)O[C@H]1O. The van der Waals surface area contributed by atoms with E-state index in [1.165, 1.54) is 0 Å². The summed E-state index contributed by atoms with van der Waals surface area (Å²) in [5, 5.41) is 36.1. The van der Waals surface area contributed by atoms with Crippen LogP contribution in [0, 0.1) is 0 Å². The second kappa shape index (κ2) is 8.88. The predicted molar refractivity (Wildman–Crippen MR) is 69.3 cm³/mol. The summed E-state index contributed by atoms with van der Waals surface area (Å²) >= 11 is 0. The summed E-state index contributed by atoms with van der Waals surface area (Å²) in [5.41, 5.74) is 10.2. The lowest BCUT2D eigenvalue weighted by Gasteiger charge is -2.38. The number of nitrogens with two attached hydrogens (primary N) is 2. The zero-order valence-corrected chi connectivity index (χ0v) is 11.9. The number of hydrogen-bond donors (Lipinski definition) is 8. The van der Waals surface area contributed by atoms with Gasteiger partial charge < -0.3 is 46.4 Å². The molecular weight excluding hydrogens is 311 g/mol. The standard InChI is InChI=1S/C6H13NO5.C3H8NO4P/c7-3-5(10)4(9)2(1-8)12-6(3)11;1-2-3(4)8-9(5,6)7/h2-6,8-11H,1,7H2;2-3H,1,4H2,(H2,5,6,7)/t2-,3-,4-,5-,6-;/m1./s1. The number of aliphatic hydroxyl groups excluding tert-OH is 4. The number of phosphoric acid groups is 1. The molecule has 0 radical (unpaired) electrons. The van der Waals surface area contributed by atoms with Gasteiger partial charge in [-0.05, 0) is 6.08 Å². The normalized spacial score (nSPS) is 34.6. The van der Waals surface area contributed by atoms with E-state index in [2.05, 4.69) is 11.1 Å². The van der Waals surface area contributed by atoms with Gasteiger partial charge in [0.1, 0.15) is 24.5 Å². The Kier molecular flexibility index (Phi) is 8.70. The first-order chi connectivity index (χ1) is 9.53. The van der Waals surface area contributed by atoms with Gasteiger partial charge in [0.15, 0.2) is 6.29 Å². The third-order valence-electron chi connectivity index (χ3n) is 2.44. The van der Waals surface area contributed by atoms with Crippen molar-refractivity contribution in [3.05, 3.63) is 12.7 Å². The van der Waals surface area contributed by atoms with E-state index in [4.69, 9.17) is 36.2 Å². The summed E-state index contributed by atoms with van der Waals surface area (Å²) in [6.07, 6.45) is -4.88. The quantitative estimate of drug-likeness (QED) is 0.143. The first-order valence-electron chi connectivity index (χ1n) is 5.71. The second-order valence-electron chi connectivity index (χ2n) is 4.10. The fourth-order valence-corrected chi connectivity index (χ4v) is 1.72. The second-order valence-corrected chi connectivity index (χ2v) is 5.29. The maximum absolute atomic E-state index is 9.94. The van der Waals surface area contributed by atoms with Crippen molar-refractivity contribution >= 4 is 7.82 Å². The van der Waals surface area contributed by atoms with Crippen LogP contribution < -0.4 is 11.5 Å². The molecule has 126 valence electrons. The highest BCUT2D eigenvalue weighted by Gasteiger charge is 2.41. The zero-order chi connectivity index (χ0) is 16.8. The van der Waals surface area contributed by atoms with Gasteiger partial charge in [-0.25, -0.2) is 4.57 Å². The Morgan fingerprint density at radius 2 is 1.86 bits per heavy atom. The Morgan fingerprint density at radius 1 is 1.33 bits per heavy atom. The minimum absolute atomic E-state index is 0.470. The molecule has 0 spiro atoms. The van der Waals surface area contributed by atoms with E-state index < -0.39 is 51.3 Å². The van der Waals surface area contributed by atoms with E-state index in [0.717, 1.165) is 6.08 Å². The Balaban J connectivity index is 0.000000400. The molecule has 0 aromatic heterocycles. The average molecular weight is 332 g/mol. The molecular formula is C9H21N2O9P. The summed E-state index contributed by atoms with van der Waals surface area (Å²) in [6.45, 7) is 2.68. The van der Waals surface area contributed by atoms with Crippen molar-refractivity contribution in [3.63, 3.8) is 0 Å². The van der Waals surface area contributed by atoms with Crippen molar-refractivity contribution in [2.24, 2.45) is 11.5 Å². The lowest BCUT2D eigenvalue weighted by Crippen LogP contribution is -2.61. The summed E-state index contributed by atoms with van der Waals surface area (Å²) in [5.74, 6) is 0. The fourth-order valence-electron chi connectivity index (χ4n) is 1.32. The van der Waals surface area contributed by atoms with Gasteiger partial charge in [-0.1, -0.05) is 6.58 Å². The number of phosphoric ester groups is 1. The molecule has 1 aliphatic rings. The highest BCUT2D eigenvalue weighted by atomic mass is 31.2. The van der Waals surface area contributed by atoms with E-state index in [9.17, 15) is 14.8 Å². The van der Waals surface area contributed by atoms with Gasteiger partial charge in [0.05, 0.1) is 12.6 Å². The summed E-state index contributed by atoms with van der Waals surface area (Å²) in [7, 11) is -4.43. The minimum atomic E-state index is -4.43. The summed E-state index contributed by atoms with van der Waals surface area (Å²) in [6, 6.07) is -1.04. The van der Waals surface area contributed by atoms with Gasteiger partial charge in [-0.15, -0.1) is 0 Å². The van der Waals surface area contributed by atoms with Crippen LogP contribution in [0.15, 0.2) is 12.7 Å². The fraction of sp³-hybridized carbons (Fsp3) is 0.778. The first kappa shape index (κ1) is 20.6. The molecule has 0 saturated carbocycles. The molecule has 0 aromatic rings. The van der Waals surface area contributed by atoms with Crippen molar-refractivity contribution < 1.29 is 44.0 Å². The molecule has 11 nitrogen and oxygen atoms in total. The molecule has 1 unspecified atom stereocenters. The van der Waals surface area contributed by atoms with Crippen LogP contribution in [0.1, 0.15) is 0 Å². The third-order valence-corrected chi connectivity index (χ3v) is 2.96. The van der Waals surface area contributed by atoms with Crippen LogP contribution in [-0.4, -0.2) is 73.7 Å². The molecule has 1 saturated heterocycles. The van der Waals surface area contributed by atoms with Crippen LogP contribution in [0.2, 0.25) is 0 Å². The molecule has 10 N–H and O–H groups in total. The number of aliphatic hydroxyl groups is 4. The molecule has 0 aliphatic carbocycles.